The highest BCUT2D eigenvalue weighted by Crippen LogP contribution is 2.37. The Morgan fingerprint density at radius 1 is 0.861 bits per heavy atom. The van der Waals surface area contributed by atoms with Crippen LogP contribution in [0.2, 0.25) is 10.0 Å². The van der Waals surface area contributed by atoms with Crippen molar-refractivity contribution in [1.82, 2.24) is 9.80 Å². The maximum atomic E-state index is 14.1. The first-order valence-electron chi connectivity index (χ1n) is 12.4. The Morgan fingerprint density at radius 3 is 2.33 bits per heavy atom. The number of halogens is 4. The molecule has 3 aromatic carbocycles. The molecule has 5 rings (SSSR count). The lowest BCUT2D eigenvalue weighted by molar-refractivity contribution is 0.0781. The molecule has 7 heteroatoms. The third kappa shape index (κ3) is 5.29. The number of hydrogen-bond donors (Lipinski definition) is 0. The van der Waals surface area contributed by atoms with Gasteiger partial charge in [-0.1, -0.05) is 65.7 Å². The molecule has 2 aliphatic rings. The van der Waals surface area contributed by atoms with E-state index >= 15 is 0 Å². The van der Waals surface area contributed by atoms with Gasteiger partial charge in [0.2, 0.25) is 0 Å². The smallest absolute Gasteiger partial charge is 0.255 e. The predicted octanol–water partition coefficient (Wildman–Crippen LogP) is 7.01. The van der Waals surface area contributed by atoms with Gasteiger partial charge in [0.1, 0.15) is 0 Å². The van der Waals surface area contributed by atoms with Crippen molar-refractivity contribution in [2.24, 2.45) is 5.92 Å². The molecule has 0 radical (unpaired) electrons. The molecular weight excluding hydrogens is 501 g/mol. The highest BCUT2D eigenvalue weighted by atomic mass is 35.5. The van der Waals surface area contributed by atoms with Crippen molar-refractivity contribution in [2.75, 3.05) is 32.7 Å². The molecule has 2 heterocycles. The Morgan fingerprint density at radius 2 is 1.61 bits per heavy atom. The summed E-state index contributed by atoms with van der Waals surface area (Å²) < 4.78 is 27.8. The van der Waals surface area contributed by atoms with Gasteiger partial charge in [-0.15, -0.1) is 0 Å². The summed E-state index contributed by atoms with van der Waals surface area (Å²) >= 11 is 12.5. The molecule has 0 saturated carbocycles. The predicted molar refractivity (Wildman–Crippen MR) is 140 cm³/mol. The Labute approximate surface area is 220 Å². The monoisotopic (exact) mass is 528 g/mol. The van der Waals surface area contributed by atoms with Crippen molar-refractivity contribution in [3.8, 4) is 0 Å². The van der Waals surface area contributed by atoms with E-state index in [-0.39, 0.29) is 22.8 Å². The molecular formula is C29H28Cl2F2N2O. The minimum absolute atomic E-state index is 0.0880. The normalized spacial score (nSPS) is 21.2. The molecule has 2 fully saturated rings. The number of amides is 1. The maximum absolute atomic E-state index is 14.1. The van der Waals surface area contributed by atoms with Gasteiger partial charge in [0.05, 0.1) is 15.6 Å². The van der Waals surface area contributed by atoms with Gasteiger partial charge in [0.25, 0.3) is 5.91 Å². The van der Waals surface area contributed by atoms with Gasteiger partial charge in [0.15, 0.2) is 11.6 Å². The molecule has 0 bridgehead atoms. The van der Waals surface area contributed by atoms with Crippen LogP contribution in [0.4, 0.5) is 8.78 Å². The SMILES string of the molecule is O=C(c1cccc(Cl)c1Cl)N1CC(CN2CCC(c3ccccc3)CC2)C(c2ccc(F)c(F)c2)C1. The van der Waals surface area contributed by atoms with Crippen LogP contribution in [0, 0.1) is 17.6 Å². The summed E-state index contributed by atoms with van der Waals surface area (Å²) in [5.41, 5.74) is 2.45. The second-order valence-corrected chi connectivity index (χ2v) is 10.6. The lowest BCUT2D eigenvalue weighted by Gasteiger charge is -2.34. The first-order chi connectivity index (χ1) is 17.4. The third-order valence-electron chi connectivity index (χ3n) is 7.63. The minimum atomic E-state index is -0.866. The van der Waals surface area contributed by atoms with Gasteiger partial charge < -0.3 is 9.80 Å². The summed E-state index contributed by atoms with van der Waals surface area (Å²) in [6.45, 7) is 3.66. The highest BCUT2D eigenvalue weighted by molar-refractivity contribution is 6.43. The standard InChI is InChI=1S/C29H28Cl2F2N2O/c30-25-8-4-7-23(28(25)31)29(36)35-17-22(24(18-35)21-9-10-26(32)27(33)15-21)16-34-13-11-20(12-14-34)19-5-2-1-3-6-19/h1-10,15,20,22,24H,11-14,16-18H2. The number of nitrogens with zero attached hydrogens (tertiary/aromatic N) is 2. The Kier molecular flexibility index (Phi) is 7.61. The zero-order chi connectivity index (χ0) is 25.2. The Bertz CT molecular complexity index is 1230. The van der Waals surface area contributed by atoms with Crippen molar-refractivity contribution in [3.63, 3.8) is 0 Å². The minimum Gasteiger partial charge on any atom is -0.338 e. The molecule has 0 aliphatic carbocycles. The van der Waals surface area contributed by atoms with Gasteiger partial charge in [-0.25, -0.2) is 8.78 Å². The van der Waals surface area contributed by atoms with Crippen molar-refractivity contribution in [1.29, 1.82) is 0 Å². The van der Waals surface area contributed by atoms with Crippen molar-refractivity contribution < 1.29 is 13.6 Å². The van der Waals surface area contributed by atoms with E-state index in [1.807, 2.05) is 6.07 Å². The molecule has 188 valence electrons. The number of piperidine rings is 1. The van der Waals surface area contributed by atoms with Crippen molar-refractivity contribution >= 4 is 29.1 Å². The lowest BCUT2D eigenvalue weighted by atomic mass is 9.86. The van der Waals surface area contributed by atoms with Gasteiger partial charge in [-0.3, -0.25) is 4.79 Å². The van der Waals surface area contributed by atoms with Gasteiger partial charge in [-0.2, -0.15) is 0 Å². The van der Waals surface area contributed by atoms with Crippen LogP contribution in [0.15, 0.2) is 66.7 Å². The van der Waals surface area contributed by atoms with E-state index in [1.54, 1.807) is 29.2 Å². The zero-order valence-electron chi connectivity index (χ0n) is 19.8. The number of hydrogen-bond acceptors (Lipinski definition) is 2. The number of benzene rings is 3. The Hall–Kier alpha value is -2.47. The topological polar surface area (TPSA) is 23.6 Å². The van der Waals surface area contributed by atoms with E-state index < -0.39 is 11.6 Å². The summed E-state index contributed by atoms with van der Waals surface area (Å²) in [6, 6.07) is 19.7. The first kappa shape index (κ1) is 25.2. The summed E-state index contributed by atoms with van der Waals surface area (Å²) in [5, 5.41) is 0.566. The van der Waals surface area contributed by atoms with Gasteiger partial charge >= 0.3 is 0 Å². The van der Waals surface area contributed by atoms with Crippen LogP contribution in [0.1, 0.15) is 46.2 Å². The fourth-order valence-corrected chi connectivity index (χ4v) is 6.07. The molecule has 2 aliphatic heterocycles. The average Bonchev–Trinajstić information content (AvgIpc) is 3.31. The summed E-state index contributed by atoms with van der Waals surface area (Å²) in [7, 11) is 0. The van der Waals surface area contributed by atoms with Crippen LogP contribution in [0.5, 0.6) is 0 Å². The molecule has 0 aromatic heterocycles. The van der Waals surface area contributed by atoms with Crippen LogP contribution in [-0.4, -0.2) is 48.4 Å². The van der Waals surface area contributed by atoms with E-state index in [4.69, 9.17) is 23.2 Å². The molecule has 2 saturated heterocycles. The van der Waals surface area contributed by atoms with Gasteiger partial charge in [0, 0.05) is 25.6 Å². The zero-order valence-corrected chi connectivity index (χ0v) is 21.4. The maximum Gasteiger partial charge on any atom is 0.255 e. The number of carbonyl (C=O) groups is 1. The van der Waals surface area contributed by atoms with Crippen LogP contribution >= 0.6 is 23.2 Å². The van der Waals surface area contributed by atoms with E-state index in [2.05, 4.69) is 29.2 Å². The average molecular weight is 529 g/mol. The third-order valence-corrected chi connectivity index (χ3v) is 8.45. The molecule has 2 unspecified atom stereocenters. The number of carbonyl (C=O) groups excluding carboxylic acids is 1. The second-order valence-electron chi connectivity index (χ2n) is 9.84. The molecule has 0 spiro atoms. The Balaban J connectivity index is 1.33. The van der Waals surface area contributed by atoms with Crippen LogP contribution in [0.25, 0.3) is 0 Å². The van der Waals surface area contributed by atoms with E-state index in [1.165, 1.54) is 17.7 Å². The van der Waals surface area contributed by atoms with Gasteiger partial charge in [-0.05, 0) is 73.2 Å². The summed E-state index contributed by atoms with van der Waals surface area (Å²) in [5.74, 6) is -1.39. The molecule has 3 aromatic rings. The second kappa shape index (κ2) is 10.9. The molecule has 2 atom stereocenters. The van der Waals surface area contributed by atoms with Crippen molar-refractivity contribution in [3.05, 3.63) is 105 Å². The van der Waals surface area contributed by atoms with Crippen LogP contribution in [-0.2, 0) is 0 Å². The largest absolute Gasteiger partial charge is 0.338 e. The summed E-state index contributed by atoms with van der Waals surface area (Å²) in [6.07, 6.45) is 2.15. The number of rotatable bonds is 5. The van der Waals surface area contributed by atoms with E-state index in [9.17, 15) is 13.6 Å². The highest BCUT2D eigenvalue weighted by Gasteiger charge is 2.38. The van der Waals surface area contributed by atoms with Crippen LogP contribution in [0.3, 0.4) is 0 Å². The molecule has 36 heavy (non-hydrogen) atoms. The summed E-state index contributed by atoms with van der Waals surface area (Å²) in [4.78, 5) is 17.6. The van der Waals surface area contributed by atoms with Crippen molar-refractivity contribution in [2.45, 2.75) is 24.7 Å². The lowest BCUT2D eigenvalue weighted by Crippen LogP contribution is -2.38. The quantitative estimate of drug-likeness (QED) is 0.355. The fourth-order valence-electron chi connectivity index (χ4n) is 5.69. The number of likely N-dealkylation sites (tertiary alicyclic amines) is 2. The fraction of sp³-hybridized carbons (Fsp3) is 0.345. The first-order valence-corrected chi connectivity index (χ1v) is 13.1. The molecule has 0 N–H and O–H groups in total. The molecule has 3 nitrogen and oxygen atoms in total. The molecule has 1 amide bonds. The van der Waals surface area contributed by atoms with E-state index in [0.29, 0.717) is 35.2 Å². The van der Waals surface area contributed by atoms with E-state index in [0.717, 1.165) is 32.5 Å². The van der Waals surface area contributed by atoms with Crippen LogP contribution < -0.4 is 0 Å².